The minimum atomic E-state index is -1.01. The first-order chi connectivity index (χ1) is 7.54. The van der Waals surface area contributed by atoms with Gasteiger partial charge in [0.15, 0.2) is 0 Å². The number of carbonyl (C=O) groups is 1. The third-order valence-corrected chi connectivity index (χ3v) is 4.06. The first-order valence-electron chi connectivity index (χ1n) is 5.49. The second-order valence-corrected chi connectivity index (χ2v) is 5.37. The fraction of sp³-hybridized carbons (Fsp3) is 0.583. The Hall–Kier alpha value is -0.900. The van der Waals surface area contributed by atoms with Crippen LogP contribution in [0.5, 0.6) is 0 Å². The van der Waals surface area contributed by atoms with Crippen LogP contribution in [0.3, 0.4) is 0 Å². The van der Waals surface area contributed by atoms with Crippen molar-refractivity contribution in [2.24, 2.45) is 5.92 Å². The summed E-state index contributed by atoms with van der Waals surface area (Å²) in [5.74, 6) is 1.50. The molecule has 1 aromatic heterocycles. The largest absolute Gasteiger partial charge is 0.475 e. The summed E-state index contributed by atoms with van der Waals surface area (Å²) in [5, 5.41) is 8.95. The standard InChI is InChI=1S/C12H18O3S/c1-4-8(2)7-16-9(3)10-5-6-11(15-10)12(13)14/h5-6,8-9H,4,7H2,1-3H3,(H,13,14). The second-order valence-electron chi connectivity index (χ2n) is 4.00. The maximum Gasteiger partial charge on any atom is 0.371 e. The lowest BCUT2D eigenvalue weighted by Gasteiger charge is -2.11. The van der Waals surface area contributed by atoms with Crippen LogP contribution in [0.4, 0.5) is 0 Å². The molecule has 1 rings (SSSR count). The van der Waals surface area contributed by atoms with Crippen LogP contribution in [0.1, 0.15) is 48.8 Å². The maximum absolute atomic E-state index is 10.6. The summed E-state index contributed by atoms with van der Waals surface area (Å²) in [6.45, 7) is 6.42. The topological polar surface area (TPSA) is 50.4 Å². The normalized spacial score (nSPS) is 14.7. The Labute approximate surface area is 100 Å². The van der Waals surface area contributed by atoms with Gasteiger partial charge in [0.2, 0.25) is 5.76 Å². The minimum Gasteiger partial charge on any atom is -0.475 e. The van der Waals surface area contributed by atoms with Gasteiger partial charge in [-0.3, -0.25) is 0 Å². The van der Waals surface area contributed by atoms with Crippen molar-refractivity contribution >= 4 is 17.7 Å². The molecule has 90 valence electrons. The van der Waals surface area contributed by atoms with Crippen molar-refractivity contribution in [2.45, 2.75) is 32.4 Å². The monoisotopic (exact) mass is 242 g/mol. The van der Waals surface area contributed by atoms with Crippen molar-refractivity contribution in [2.75, 3.05) is 5.75 Å². The third kappa shape index (κ3) is 3.59. The Bertz CT molecular complexity index is 346. The van der Waals surface area contributed by atoms with Gasteiger partial charge in [-0.15, -0.1) is 0 Å². The zero-order chi connectivity index (χ0) is 12.1. The molecular weight excluding hydrogens is 224 g/mol. The zero-order valence-electron chi connectivity index (χ0n) is 9.90. The molecule has 2 atom stereocenters. The lowest BCUT2D eigenvalue weighted by Crippen LogP contribution is -1.98. The van der Waals surface area contributed by atoms with E-state index in [2.05, 4.69) is 13.8 Å². The molecule has 1 N–H and O–H groups in total. The Morgan fingerprint density at radius 1 is 1.50 bits per heavy atom. The van der Waals surface area contributed by atoms with Crippen LogP contribution in [-0.4, -0.2) is 16.8 Å². The highest BCUT2D eigenvalue weighted by molar-refractivity contribution is 7.99. The van der Waals surface area contributed by atoms with E-state index in [4.69, 9.17) is 9.52 Å². The van der Waals surface area contributed by atoms with E-state index in [9.17, 15) is 4.79 Å². The summed E-state index contributed by atoms with van der Waals surface area (Å²) < 4.78 is 5.25. The predicted molar refractivity (Wildman–Crippen MR) is 66.0 cm³/mol. The van der Waals surface area contributed by atoms with Crippen LogP contribution in [0, 0.1) is 5.92 Å². The summed E-state index contributed by atoms with van der Waals surface area (Å²) in [4.78, 5) is 10.6. The molecule has 1 aromatic rings. The van der Waals surface area contributed by atoms with Crippen molar-refractivity contribution < 1.29 is 14.3 Å². The van der Waals surface area contributed by atoms with Gasteiger partial charge in [-0.1, -0.05) is 20.3 Å². The molecule has 0 bridgehead atoms. The van der Waals surface area contributed by atoms with E-state index in [1.165, 1.54) is 6.07 Å². The van der Waals surface area contributed by atoms with Crippen LogP contribution in [0.25, 0.3) is 0 Å². The number of rotatable bonds is 6. The number of hydrogen-bond donors (Lipinski definition) is 1. The first-order valence-corrected chi connectivity index (χ1v) is 6.54. The Morgan fingerprint density at radius 2 is 2.19 bits per heavy atom. The molecule has 0 aliphatic rings. The Kier molecular flexibility index (Phi) is 4.93. The lowest BCUT2D eigenvalue weighted by molar-refractivity contribution is 0.0660. The van der Waals surface area contributed by atoms with Crippen LogP contribution in [0.15, 0.2) is 16.5 Å². The van der Waals surface area contributed by atoms with Crippen LogP contribution < -0.4 is 0 Å². The SMILES string of the molecule is CCC(C)CSC(C)c1ccc(C(=O)O)o1. The van der Waals surface area contributed by atoms with Gasteiger partial charge in [0.1, 0.15) is 5.76 Å². The molecule has 0 aromatic carbocycles. The van der Waals surface area contributed by atoms with Crippen LogP contribution >= 0.6 is 11.8 Å². The number of carboxylic acid groups (broad SMARTS) is 1. The van der Waals surface area contributed by atoms with Crippen LogP contribution in [0.2, 0.25) is 0 Å². The molecule has 0 radical (unpaired) electrons. The van der Waals surface area contributed by atoms with Gasteiger partial charge in [0.05, 0.1) is 5.25 Å². The first kappa shape index (κ1) is 13.2. The average Bonchev–Trinajstić information content (AvgIpc) is 2.74. The van der Waals surface area contributed by atoms with Gasteiger partial charge in [0, 0.05) is 0 Å². The summed E-state index contributed by atoms with van der Waals surface area (Å²) in [6, 6.07) is 3.26. The molecule has 0 saturated carbocycles. The van der Waals surface area contributed by atoms with E-state index in [0.717, 1.165) is 17.9 Å². The van der Waals surface area contributed by atoms with Crippen molar-refractivity contribution in [1.29, 1.82) is 0 Å². The molecule has 0 amide bonds. The van der Waals surface area contributed by atoms with Crippen molar-refractivity contribution in [3.05, 3.63) is 23.7 Å². The minimum absolute atomic E-state index is 0.0194. The molecule has 16 heavy (non-hydrogen) atoms. The lowest BCUT2D eigenvalue weighted by atomic mass is 10.2. The molecule has 1 heterocycles. The molecule has 0 aliphatic carbocycles. The number of aromatic carboxylic acids is 1. The zero-order valence-corrected chi connectivity index (χ0v) is 10.7. The van der Waals surface area contributed by atoms with Crippen molar-refractivity contribution in [3.63, 3.8) is 0 Å². The Balaban J connectivity index is 2.52. The molecule has 0 aliphatic heterocycles. The summed E-state index contributed by atoms with van der Waals surface area (Å²) >= 11 is 1.80. The third-order valence-electron chi connectivity index (χ3n) is 2.57. The Morgan fingerprint density at radius 3 is 2.69 bits per heavy atom. The molecule has 0 saturated heterocycles. The fourth-order valence-corrected chi connectivity index (χ4v) is 2.34. The number of furan rings is 1. The number of thioether (sulfide) groups is 1. The van der Waals surface area contributed by atoms with Crippen molar-refractivity contribution in [3.8, 4) is 0 Å². The van der Waals surface area contributed by atoms with E-state index < -0.39 is 5.97 Å². The van der Waals surface area contributed by atoms with E-state index in [1.54, 1.807) is 17.8 Å². The molecule has 0 spiro atoms. The summed E-state index contributed by atoms with van der Waals surface area (Å²) in [5.41, 5.74) is 0. The smallest absolute Gasteiger partial charge is 0.371 e. The van der Waals surface area contributed by atoms with Gasteiger partial charge in [-0.2, -0.15) is 11.8 Å². The summed E-state index contributed by atoms with van der Waals surface area (Å²) in [7, 11) is 0. The highest BCUT2D eigenvalue weighted by Gasteiger charge is 2.15. The maximum atomic E-state index is 10.6. The second kappa shape index (κ2) is 5.99. The average molecular weight is 242 g/mol. The van der Waals surface area contributed by atoms with Gasteiger partial charge in [0.25, 0.3) is 0 Å². The van der Waals surface area contributed by atoms with Gasteiger partial charge >= 0.3 is 5.97 Å². The molecular formula is C12H18O3S. The van der Waals surface area contributed by atoms with Gasteiger partial charge < -0.3 is 9.52 Å². The van der Waals surface area contributed by atoms with Crippen LogP contribution in [-0.2, 0) is 0 Å². The van der Waals surface area contributed by atoms with E-state index >= 15 is 0 Å². The fourth-order valence-electron chi connectivity index (χ4n) is 1.19. The van der Waals surface area contributed by atoms with E-state index in [1.807, 2.05) is 6.92 Å². The highest BCUT2D eigenvalue weighted by Crippen LogP contribution is 2.31. The summed E-state index contributed by atoms with van der Waals surface area (Å²) in [6.07, 6.45) is 1.16. The van der Waals surface area contributed by atoms with Gasteiger partial charge in [-0.25, -0.2) is 4.79 Å². The number of carboxylic acids is 1. The number of hydrogen-bond acceptors (Lipinski definition) is 3. The molecule has 0 fully saturated rings. The predicted octanol–water partition coefficient (Wildman–Crippen LogP) is 3.82. The molecule has 4 heteroatoms. The quantitative estimate of drug-likeness (QED) is 0.824. The highest BCUT2D eigenvalue weighted by atomic mass is 32.2. The van der Waals surface area contributed by atoms with Gasteiger partial charge in [-0.05, 0) is 30.7 Å². The van der Waals surface area contributed by atoms with E-state index in [0.29, 0.717) is 5.92 Å². The molecule has 3 nitrogen and oxygen atoms in total. The molecule has 2 unspecified atom stereocenters. The van der Waals surface area contributed by atoms with Crippen molar-refractivity contribution in [1.82, 2.24) is 0 Å². The van der Waals surface area contributed by atoms with E-state index in [-0.39, 0.29) is 11.0 Å².